The second-order valence-electron chi connectivity index (χ2n) is 4.45. The van der Waals surface area contributed by atoms with E-state index in [-0.39, 0.29) is 12.5 Å². The average molecular weight is 252 g/mol. The summed E-state index contributed by atoms with van der Waals surface area (Å²) in [6, 6.07) is 5.03. The van der Waals surface area contributed by atoms with Crippen molar-refractivity contribution < 1.29 is 14.6 Å². The predicted molar refractivity (Wildman–Crippen MR) is 70.7 cm³/mol. The van der Waals surface area contributed by atoms with Crippen LogP contribution in [0.15, 0.2) is 18.2 Å². The molecule has 0 spiro atoms. The normalized spacial score (nSPS) is 13.8. The number of nitrogens with two attached hydrogens (primary N) is 1. The molecule has 1 aromatic carbocycles. The SMILES string of the molecule is CCC(C)(CO)NC(=O)c1c(N)cccc1OC. The van der Waals surface area contributed by atoms with Crippen molar-refractivity contribution in [1.29, 1.82) is 0 Å². The standard InChI is InChI=1S/C13H20N2O3/c1-4-13(2,8-16)15-12(17)11-9(14)6-5-7-10(11)18-3/h5-7,16H,4,8,14H2,1-3H3,(H,15,17). The molecule has 1 unspecified atom stereocenters. The molecule has 1 amide bonds. The Morgan fingerprint density at radius 2 is 2.22 bits per heavy atom. The van der Waals surface area contributed by atoms with Crippen molar-refractivity contribution >= 4 is 11.6 Å². The summed E-state index contributed by atoms with van der Waals surface area (Å²) in [7, 11) is 1.48. The Labute approximate surface area is 107 Å². The number of nitrogens with one attached hydrogen (secondary N) is 1. The zero-order valence-electron chi connectivity index (χ0n) is 11.0. The minimum atomic E-state index is -0.662. The second-order valence-corrected chi connectivity index (χ2v) is 4.45. The van der Waals surface area contributed by atoms with Gasteiger partial charge in [0.05, 0.1) is 19.3 Å². The van der Waals surface area contributed by atoms with Crippen molar-refractivity contribution in [2.45, 2.75) is 25.8 Å². The van der Waals surface area contributed by atoms with Gasteiger partial charge in [0.15, 0.2) is 0 Å². The smallest absolute Gasteiger partial charge is 0.257 e. The average Bonchev–Trinajstić information content (AvgIpc) is 2.37. The van der Waals surface area contributed by atoms with Crippen molar-refractivity contribution in [2.24, 2.45) is 0 Å². The highest BCUT2D eigenvalue weighted by molar-refractivity contribution is 6.02. The van der Waals surface area contributed by atoms with Crippen molar-refractivity contribution in [3.63, 3.8) is 0 Å². The zero-order chi connectivity index (χ0) is 13.8. The van der Waals surface area contributed by atoms with E-state index in [2.05, 4.69) is 5.32 Å². The number of aliphatic hydroxyl groups excluding tert-OH is 1. The first kappa shape index (κ1) is 14.3. The van der Waals surface area contributed by atoms with Gasteiger partial charge in [-0.05, 0) is 25.5 Å². The number of methoxy groups -OCH3 is 1. The van der Waals surface area contributed by atoms with Gasteiger partial charge in [0.1, 0.15) is 11.3 Å². The van der Waals surface area contributed by atoms with Gasteiger partial charge in [0, 0.05) is 5.69 Å². The Balaban J connectivity index is 3.04. The lowest BCUT2D eigenvalue weighted by Gasteiger charge is -2.27. The molecule has 1 atom stereocenters. The van der Waals surface area contributed by atoms with Crippen LogP contribution in [0.1, 0.15) is 30.6 Å². The third-order valence-corrected chi connectivity index (χ3v) is 3.05. The fourth-order valence-electron chi connectivity index (χ4n) is 1.54. The lowest BCUT2D eigenvalue weighted by atomic mass is 9.99. The van der Waals surface area contributed by atoms with Gasteiger partial charge in [0.25, 0.3) is 5.91 Å². The van der Waals surface area contributed by atoms with E-state index in [1.165, 1.54) is 7.11 Å². The summed E-state index contributed by atoms with van der Waals surface area (Å²) in [5.74, 6) is 0.0762. The molecule has 0 fully saturated rings. The minimum absolute atomic E-state index is 0.135. The van der Waals surface area contributed by atoms with Crippen LogP contribution in [0.25, 0.3) is 0 Å². The van der Waals surface area contributed by atoms with Crippen molar-refractivity contribution in [1.82, 2.24) is 5.32 Å². The number of amides is 1. The van der Waals surface area contributed by atoms with Crippen LogP contribution < -0.4 is 15.8 Å². The summed E-state index contributed by atoms with van der Waals surface area (Å²) in [5.41, 5.74) is 5.78. The highest BCUT2D eigenvalue weighted by atomic mass is 16.5. The highest BCUT2D eigenvalue weighted by Crippen LogP contribution is 2.24. The molecule has 100 valence electrons. The van der Waals surface area contributed by atoms with Crippen LogP contribution in [0.3, 0.4) is 0 Å². The lowest BCUT2D eigenvalue weighted by molar-refractivity contribution is 0.0845. The number of ether oxygens (including phenoxy) is 1. The molecule has 0 aromatic heterocycles. The number of carbonyl (C=O) groups excluding carboxylic acids is 1. The molecular weight excluding hydrogens is 232 g/mol. The van der Waals surface area contributed by atoms with E-state index in [4.69, 9.17) is 10.5 Å². The molecule has 0 bridgehead atoms. The van der Waals surface area contributed by atoms with Gasteiger partial charge in [-0.1, -0.05) is 13.0 Å². The number of carbonyl (C=O) groups is 1. The summed E-state index contributed by atoms with van der Waals surface area (Å²) >= 11 is 0. The topological polar surface area (TPSA) is 84.6 Å². The van der Waals surface area contributed by atoms with E-state index in [0.29, 0.717) is 23.4 Å². The van der Waals surface area contributed by atoms with Crippen LogP contribution in [0.2, 0.25) is 0 Å². The largest absolute Gasteiger partial charge is 0.496 e. The van der Waals surface area contributed by atoms with Crippen LogP contribution in [0.5, 0.6) is 5.75 Å². The van der Waals surface area contributed by atoms with Gasteiger partial charge in [-0.3, -0.25) is 4.79 Å². The van der Waals surface area contributed by atoms with E-state index in [1.54, 1.807) is 25.1 Å². The highest BCUT2D eigenvalue weighted by Gasteiger charge is 2.26. The Bertz CT molecular complexity index is 428. The fraction of sp³-hybridized carbons (Fsp3) is 0.462. The van der Waals surface area contributed by atoms with Crippen LogP contribution in [-0.2, 0) is 0 Å². The summed E-state index contributed by atoms with van der Waals surface area (Å²) in [6.07, 6.45) is 0.615. The molecule has 0 saturated heterocycles. The fourth-order valence-corrected chi connectivity index (χ4v) is 1.54. The summed E-state index contributed by atoms with van der Waals surface area (Å²) in [5, 5.41) is 12.1. The molecule has 4 N–H and O–H groups in total. The van der Waals surface area contributed by atoms with E-state index in [0.717, 1.165) is 0 Å². The van der Waals surface area contributed by atoms with Gasteiger partial charge in [-0.25, -0.2) is 0 Å². The van der Waals surface area contributed by atoms with E-state index >= 15 is 0 Å². The van der Waals surface area contributed by atoms with Crippen LogP contribution >= 0.6 is 0 Å². The number of hydrogen-bond donors (Lipinski definition) is 3. The first-order chi connectivity index (χ1) is 8.47. The molecule has 0 saturated carbocycles. The Morgan fingerprint density at radius 3 is 2.72 bits per heavy atom. The molecule has 1 aromatic rings. The molecule has 1 rings (SSSR count). The van der Waals surface area contributed by atoms with Crippen molar-refractivity contribution in [2.75, 3.05) is 19.5 Å². The summed E-state index contributed by atoms with van der Waals surface area (Å²) < 4.78 is 5.13. The van der Waals surface area contributed by atoms with Crippen LogP contribution in [0, 0.1) is 0 Å². The van der Waals surface area contributed by atoms with E-state index in [9.17, 15) is 9.90 Å². The number of aliphatic hydroxyl groups is 1. The molecule has 5 heteroatoms. The Kier molecular flexibility index (Phi) is 4.55. The number of hydrogen-bond acceptors (Lipinski definition) is 4. The van der Waals surface area contributed by atoms with Gasteiger partial charge in [-0.15, -0.1) is 0 Å². The monoisotopic (exact) mass is 252 g/mol. The lowest BCUT2D eigenvalue weighted by Crippen LogP contribution is -2.48. The van der Waals surface area contributed by atoms with Crippen LogP contribution in [0.4, 0.5) is 5.69 Å². The van der Waals surface area contributed by atoms with Gasteiger partial charge >= 0.3 is 0 Å². The number of anilines is 1. The van der Waals surface area contributed by atoms with Gasteiger partial charge in [0.2, 0.25) is 0 Å². The molecular formula is C13H20N2O3. The predicted octanol–water partition coefficient (Wildman–Crippen LogP) is 1.17. The summed E-state index contributed by atoms with van der Waals surface area (Å²) in [6.45, 7) is 3.53. The van der Waals surface area contributed by atoms with E-state index in [1.807, 2.05) is 6.92 Å². The molecule has 0 aliphatic carbocycles. The first-order valence-electron chi connectivity index (χ1n) is 5.83. The number of rotatable bonds is 5. The maximum Gasteiger partial charge on any atom is 0.257 e. The summed E-state index contributed by atoms with van der Waals surface area (Å²) in [4.78, 5) is 12.2. The number of benzene rings is 1. The Morgan fingerprint density at radius 1 is 1.56 bits per heavy atom. The van der Waals surface area contributed by atoms with E-state index < -0.39 is 5.54 Å². The Hall–Kier alpha value is -1.75. The van der Waals surface area contributed by atoms with Crippen LogP contribution in [-0.4, -0.2) is 30.3 Å². The molecule has 0 radical (unpaired) electrons. The maximum absolute atomic E-state index is 12.2. The quantitative estimate of drug-likeness (QED) is 0.687. The first-order valence-corrected chi connectivity index (χ1v) is 5.83. The molecule has 0 heterocycles. The van der Waals surface area contributed by atoms with Crippen molar-refractivity contribution in [3.05, 3.63) is 23.8 Å². The maximum atomic E-state index is 12.2. The minimum Gasteiger partial charge on any atom is -0.496 e. The zero-order valence-corrected chi connectivity index (χ0v) is 11.0. The van der Waals surface area contributed by atoms with Gasteiger partial charge < -0.3 is 20.9 Å². The third kappa shape index (κ3) is 2.92. The molecule has 5 nitrogen and oxygen atoms in total. The number of nitrogen functional groups attached to an aromatic ring is 1. The molecule has 0 aliphatic rings. The van der Waals surface area contributed by atoms with Crippen molar-refractivity contribution in [3.8, 4) is 5.75 Å². The van der Waals surface area contributed by atoms with Gasteiger partial charge in [-0.2, -0.15) is 0 Å². The molecule has 0 aliphatic heterocycles. The second kappa shape index (κ2) is 5.73. The third-order valence-electron chi connectivity index (χ3n) is 3.05. The molecule has 18 heavy (non-hydrogen) atoms.